The average molecular weight is 729 g/mol. The molecule has 0 fully saturated rings. The fraction of sp³-hybridized carbons (Fsp3) is 0.417. The highest BCUT2D eigenvalue weighted by atomic mass is 32.2. The van der Waals surface area contributed by atoms with Crippen molar-refractivity contribution in [2.24, 2.45) is 0 Å². The van der Waals surface area contributed by atoms with E-state index < -0.39 is 59.7 Å². The second kappa shape index (κ2) is 18.2. The second-order valence-corrected chi connectivity index (χ2v) is 19.8. The van der Waals surface area contributed by atoms with E-state index in [0.29, 0.717) is 0 Å². The van der Waals surface area contributed by atoms with Crippen LogP contribution < -0.4 is 10.8 Å². The average Bonchev–Trinajstić information content (AvgIpc) is 3.07. The number of hydroxylamine groups is 1. The van der Waals surface area contributed by atoms with Crippen LogP contribution in [0.4, 0.5) is 4.79 Å². The molecule has 2 atom stereocenters. The minimum atomic E-state index is -4.06. The lowest BCUT2D eigenvalue weighted by molar-refractivity contribution is -0.157. The minimum Gasteiger partial charge on any atom is -0.459 e. The standard InChI is InChI=1S/C36H48N2O10SSi/c1-35(2,3)50(5,6)48-36(27-47-49(4,42)43,33(40)38-46-26-30-20-14-9-15-21-30)23-22-31(32(39)44-24-28-16-10-7-11-17-28)37-34(41)45-25-29-18-12-8-13-19-29/h7-21,31H,22-27H2,1-6H3,(H,37,41)(H,38,40)/t31-,36-/m0/s1. The molecular formula is C36H48N2O10SSi. The summed E-state index contributed by atoms with van der Waals surface area (Å²) in [5.41, 5.74) is 2.67. The third kappa shape index (κ3) is 13.3. The number of esters is 1. The Balaban J connectivity index is 1.92. The molecule has 0 aliphatic rings. The van der Waals surface area contributed by atoms with Gasteiger partial charge in [-0.2, -0.15) is 8.42 Å². The Labute approximate surface area is 296 Å². The van der Waals surface area contributed by atoms with Crippen molar-refractivity contribution in [2.75, 3.05) is 12.9 Å². The number of ether oxygens (including phenoxy) is 2. The quantitative estimate of drug-likeness (QED) is 0.0712. The van der Waals surface area contributed by atoms with Crippen molar-refractivity contribution in [3.63, 3.8) is 0 Å². The summed E-state index contributed by atoms with van der Waals surface area (Å²) in [6, 6.07) is 25.8. The SMILES string of the molecule is CC(C)(C)[Si](C)(C)O[C@@](CC[C@H](NC(=O)OCc1ccccc1)C(=O)OCc1ccccc1)(COS(C)(=O)=O)C(=O)NOCc1ccccc1. The van der Waals surface area contributed by atoms with Gasteiger partial charge in [-0.25, -0.2) is 15.1 Å². The van der Waals surface area contributed by atoms with Crippen LogP contribution in [0.3, 0.4) is 0 Å². The van der Waals surface area contributed by atoms with Crippen LogP contribution in [-0.4, -0.2) is 59.2 Å². The Kier molecular flexibility index (Phi) is 14.7. The molecular weight excluding hydrogens is 681 g/mol. The van der Waals surface area contributed by atoms with E-state index in [-0.39, 0.29) is 32.7 Å². The molecule has 3 aromatic rings. The number of hydrogen-bond acceptors (Lipinski definition) is 10. The van der Waals surface area contributed by atoms with Crippen LogP contribution in [0, 0.1) is 0 Å². The molecule has 0 radical (unpaired) electrons. The van der Waals surface area contributed by atoms with E-state index in [9.17, 15) is 22.8 Å². The molecule has 50 heavy (non-hydrogen) atoms. The molecule has 272 valence electrons. The minimum absolute atomic E-state index is 0.0128. The molecule has 0 aromatic heterocycles. The predicted octanol–water partition coefficient (Wildman–Crippen LogP) is 5.79. The zero-order valence-electron chi connectivity index (χ0n) is 29.5. The molecule has 3 rings (SSSR count). The van der Waals surface area contributed by atoms with Crippen LogP contribution in [0.25, 0.3) is 0 Å². The third-order valence-electron chi connectivity index (χ3n) is 8.27. The van der Waals surface area contributed by atoms with Gasteiger partial charge in [0.15, 0.2) is 13.9 Å². The van der Waals surface area contributed by atoms with Gasteiger partial charge >= 0.3 is 12.1 Å². The van der Waals surface area contributed by atoms with Crippen molar-refractivity contribution < 1.29 is 45.7 Å². The lowest BCUT2D eigenvalue weighted by Crippen LogP contribution is -2.60. The van der Waals surface area contributed by atoms with E-state index in [4.69, 9.17) is 22.9 Å². The van der Waals surface area contributed by atoms with Crippen LogP contribution in [0.5, 0.6) is 0 Å². The normalized spacial score (nSPS) is 13.8. The summed E-state index contributed by atoms with van der Waals surface area (Å²) in [4.78, 5) is 46.2. The van der Waals surface area contributed by atoms with Crippen molar-refractivity contribution in [3.05, 3.63) is 108 Å². The highest BCUT2D eigenvalue weighted by Crippen LogP contribution is 2.41. The summed E-state index contributed by atoms with van der Waals surface area (Å²) >= 11 is 0. The molecule has 0 saturated heterocycles. The van der Waals surface area contributed by atoms with E-state index in [1.807, 2.05) is 76.3 Å². The largest absolute Gasteiger partial charge is 0.459 e. The van der Waals surface area contributed by atoms with Gasteiger partial charge in [-0.15, -0.1) is 0 Å². The number of carbonyl (C=O) groups excluding carboxylic acids is 3. The maximum Gasteiger partial charge on any atom is 0.408 e. The Morgan fingerprint density at radius 3 is 1.72 bits per heavy atom. The van der Waals surface area contributed by atoms with Gasteiger partial charge < -0.3 is 19.2 Å². The fourth-order valence-corrected chi connectivity index (χ4v) is 6.38. The predicted molar refractivity (Wildman–Crippen MR) is 190 cm³/mol. The van der Waals surface area contributed by atoms with Gasteiger partial charge in [0.1, 0.15) is 25.9 Å². The number of hydrogen-bond donors (Lipinski definition) is 2. The lowest BCUT2D eigenvalue weighted by atomic mass is 9.95. The van der Waals surface area contributed by atoms with Crippen molar-refractivity contribution >= 4 is 36.4 Å². The molecule has 2 amide bonds. The Hall–Kier alpha value is -4.08. The van der Waals surface area contributed by atoms with E-state index >= 15 is 0 Å². The Bertz CT molecular complexity index is 1640. The third-order valence-corrected chi connectivity index (χ3v) is 13.3. The first-order chi connectivity index (χ1) is 23.5. The van der Waals surface area contributed by atoms with Gasteiger partial charge in [-0.1, -0.05) is 112 Å². The Morgan fingerprint density at radius 1 is 0.760 bits per heavy atom. The highest BCUT2D eigenvalue weighted by Gasteiger charge is 2.50. The second-order valence-electron chi connectivity index (χ2n) is 13.4. The number of benzene rings is 3. The summed E-state index contributed by atoms with van der Waals surface area (Å²) in [6.45, 7) is 8.82. The number of amides is 2. The van der Waals surface area contributed by atoms with Crippen molar-refractivity contribution in [3.8, 4) is 0 Å². The van der Waals surface area contributed by atoms with Crippen LogP contribution in [0.1, 0.15) is 50.3 Å². The van der Waals surface area contributed by atoms with Crippen LogP contribution in [0.15, 0.2) is 91.0 Å². The number of nitrogens with one attached hydrogen (secondary N) is 2. The summed E-state index contributed by atoms with van der Waals surface area (Å²) in [5, 5.41) is 2.13. The topological polar surface area (TPSA) is 156 Å². The molecule has 3 aromatic carbocycles. The van der Waals surface area contributed by atoms with E-state index in [2.05, 4.69) is 10.8 Å². The van der Waals surface area contributed by atoms with Gasteiger partial charge in [0.2, 0.25) is 0 Å². The summed E-state index contributed by atoms with van der Waals surface area (Å²) in [6.07, 6.45) is -0.529. The first-order valence-corrected chi connectivity index (χ1v) is 20.9. The molecule has 0 unspecified atom stereocenters. The number of rotatable bonds is 18. The Morgan fingerprint density at radius 2 is 1.24 bits per heavy atom. The zero-order chi connectivity index (χ0) is 36.8. The molecule has 2 N–H and O–H groups in total. The maximum atomic E-state index is 14.1. The van der Waals surface area contributed by atoms with Gasteiger partial charge in [0.05, 0.1) is 12.9 Å². The van der Waals surface area contributed by atoms with Crippen LogP contribution in [-0.2, 0) is 62.4 Å². The zero-order valence-corrected chi connectivity index (χ0v) is 31.3. The van der Waals surface area contributed by atoms with Crippen LogP contribution in [0.2, 0.25) is 18.1 Å². The number of alkyl carbamates (subject to hydrolysis) is 1. The number of carbonyl (C=O) groups is 3. The molecule has 0 bridgehead atoms. The smallest absolute Gasteiger partial charge is 0.408 e. The van der Waals surface area contributed by atoms with E-state index in [1.165, 1.54) is 0 Å². The molecule has 0 aliphatic carbocycles. The molecule has 12 nitrogen and oxygen atoms in total. The highest BCUT2D eigenvalue weighted by molar-refractivity contribution is 7.86. The molecule has 0 aliphatic heterocycles. The lowest BCUT2D eigenvalue weighted by Gasteiger charge is -2.44. The van der Waals surface area contributed by atoms with Gasteiger partial charge in [0.25, 0.3) is 16.0 Å². The molecule has 0 saturated carbocycles. The molecule has 0 spiro atoms. The summed E-state index contributed by atoms with van der Waals surface area (Å²) in [7, 11) is -6.92. The van der Waals surface area contributed by atoms with E-state index in [0.717, 1.165) is 22.9 Å². The van der Waals surface area contributed by atoms with Gasteiger partial charge in [-0.3, -0.25) is 13.8 Å². The summed E-state index contributed by atoms with van der Waals surface area (Å²) < 4.78 is 47.4. The van der Waals surface area contributed by atoms with Crippen molar-refractivity contribution in [1.82, 2.24) is 10.8 Å². The maximum absolute atomic E-state index is 14.1. The monoisotopic (exact) mass is 728 g/mol. The van der Waals surface area contributed by atoms with Crippen molar-refractivity contribution in [2.45, 2.75) is 83.2 Å². The van der Waals surface area contributed by atoms with Gasteiger partial charge in [0, 0.05) is 0 Å². The van der Waals surface area contributed by atoms with E-state index in [1.54, 1.807) is 48.5 Å². The van der Waals surface area contributed by atoms with Crippen molar-refractivity contribution in [1.29, 1.82) is 0 Å². The first-order valence-electron chi connectivity index (χ1n) is 16.2. The summed E-state index contributed by atoms with van der Waals surface area (Å²) in [5.74, 6) is -1.61. The first kappa shape index (κ1) is 40.3. The molecule has 0 heterocycles. The van der Waals surface area contributed by atoms with Crippen LogP contribution >= 0.6 is 0 Å². The van der Waals surface area contributed by atoms with Gasteiger partial charge in [-0.05, 0) is 47.7 Å². The molecule has 14 heteroatoms. The fourth-order valence-electron chi connectivity index (χ4n) is 4.44.